The lowest BCUT2D eigenvalue weighted by molar-refractivity contribution is -0.140. The summed E-state index contributed by atoms with van der Waals surface area (Å²) in [6, 6.07) is 1.81. The molecule has 2 fully saturated rings. The average Bonchev–Trinajstić information content (AvgIpc) is 2.52. The van der Waals surface area contributed by atoms with Crippen LogP contribution < -0.4 is 0 Å². The predicted molar refractivity (Wildman–Crippen MR) is 95.1 cm³/mol. The van der Waals surface area contributed by atoms with Gasteiger partial charge in [0.15, 0.2) is 0 Å². The largest absolute Gasteiger partial charge is 0.343 e. The van der Waals surface area contributed by atoms with Crippen LogP contribution in [0.25, 0.3) is 0 Å². The van der Waals surface area contributed by atoms with Crippen molar-refractivity contribution in [3.05, 3.63) is 23.3 Å². The molecule has 136 valence electrons. The Kier molecular flexibility index (Phi) is 5.35. The number of carbonyl (C=O) groups excluding carboxylic acids is 2. The fourth-order valence-electron chi connectivity index (χ4n) is 3.71. The average molecular weight is 344 g/mol. The van der Waals surface area contributed by atoms with Gasteiger partial charge in [-0.3, -0.25) is 9.59 Å². The van der Waals surface area contributed by atoms with Gasteiger partial charge in [-0.15, -0.1) is 0 Å². The third-order valence-electron chi connectivity index (χ3n) is 5.30. The molecule has 6 nitrogen and oxygen atoms in total. The summed E-state index contributed by atoms with van der Waals surface area (Å²) in [6.07, 6.45) is 6.26. The van der Waals surface area contributed by atoms with Gasteiger partial charge < -0.3 is 9.80 Å². The van der Waals surface area contributed by atoms with E-state index in [1.807, 2.05) is 13.0 Å². The monoisotopic (exact) mass is 344 g/mol. The minimum Gasteiger partial charge on any atom is -0.343 e. The highest BCUT2D eigenvalue weighted by atomic mass is 16.2. The molecule has 1 aliphatic heterocycles. The highest BCUT2D eigenvalue weighted by molar-refractivity contribution is 5.92. The summed E-state index contributed by atoms with van der Waals surface area (Å²) in [5.74, 6) is 1.55. The highest BCUT2D eigenvalue weighted by Crippen LogP contribution is 2.30. The molecule has 2 amide bonds. The lowest BCUT2D eigenvalue weighted by Gasteiger charge is -2.37. The van der Waals surface area contributed by atoms with Crippen molar-refractivity contribution >= 4 is 11.8 Å². The van der Waals surface area contributed by atoms with Gasteiger partial charge in [-0.2, -0.15) is 0 Å². The Bertz CT molecular complexity index is 655. The molecule has 1 saturated carbocycles. The van der Waals surface area contributed by atoms with Gasteiger partial charge in [-0.25, -0.2) is 9.97 Å². The Morgan fingerprint density at radius 1 is 1.20 bits per heavy atom. The van der Waals surface area contributed by atoms with Gasteiger partial charge in [0, 0.05) is 38.8 Å². The zero-order valence-electron chi connectivity index (χ0n) is 15.5. The minimum atomic E-state index is -0.0998. The van der Waals surface area contributed by atoms with Crippen LogP contribution in [-0.4, -0.2) is 58.8 Å². The van der Waals surface area contributed by atoms with Crippen molar-refractivity contribution in [3.63, 3.8) is 0 Å². The molecule has 6 heteroatoms. The van der Waals surface area contributed by atoms with Crippen LogP contribution in [0.4, 0.5) is 0 Å². The van der Waals surface area contributed by atoms with Crippen LogP contribution in [0.5, 0.6) is 0 Å². The lowest BCUT2D eigenvalue weighted by Crippen LogP contribution is -2.45. The maximum absolute atomic E-state index is 12.5. The summed E-state index contributed by atoms with van der Waals surface area (Å²) in [5.41, 5.74) is 1.35. The van der Waals surface area contributed by atoms with E-state index in [4.69, 9.17) is 0 Å². The van der Waals surface area contributed by atoms with Gasteiger partial charge in [0.25, 0.3) is 5.91 Å². The van der Waals surface area contributed by atoms with E-state index in [0.29, 0.717) is 23.3 Å². The number of rotatable bonds is 4. The first-order chi connectivity index (χ1) is 11.9. The Labute approximate surface area is 149 Å². The van der Waals surface area contributed by atoms with Gasteiger partial charge in [-0.1, -0.05) is 6.42 Å². The Balaban J connectivity index is 1.67. The van der Waals surface area contributed by atoms with Crippen LogP contribution in [0.2, 0.25) is 0 Å². The molecule has 1 saturated heterocycles. The van der Waals surface area contributed by atoms with Crippen LogP contribution in [-0.2, 0) is 11.2 Å². The Morgan fingerprint density at radius 2 is 1.96 bits per heavy atom. The number of piperidine rings is 1. The number of aromatic nitrogens is 2. The van der Waals surface area contributed by atoms with Crippen LogP contribution in [0.1, 0.15) is 54.1 Å². The molecule has 2 aliphatic rings. The maximum atomic E-state index is 12.5. The number of carbonyl (C=O) groups is 2. The van der Waals surface area contributed by atoms with Crippen molar-refractivity contribution in [2.75, 3.05) is 27.2 Å². The van der Waals surface area contributed by atoms with Crippen molar-refractivity contribution in [1.29, 1.82) is 0 Å². The molecule has 1 atom stereocenters. The van der Waals surface area contributed by atoms with E-state index in [9.17, 15) is 9.59 Å². The number of amides is 2. The minimum absolute atomic E-state index is 0.0998. The molecule has 1 unspecified atom stereocenters. The molecule has 2 heterocycles. The van der Waals surface area contributed by atoms with Crippen LogP contribution in [0, 0.1) is 18.8 Å². The number of nitrogens with zero attached hydrogens (tertiary/aromatic N) is 4. The Hall–Kier alpha value is -1.98. The van der Waals surface area contributed by atoms with E-state index < -0.39 is 0 Å². The summed E-state index contributed by atoms with van der Waals surface area (Å²) in [4.78, 5) is 37.1. The molecule has 0 bridgehead atoms. The summed E-state index contributed by atoms with van der Waals surface area (Å²) < 4.78 is 0. The third kappa shape index (κ3) is 4.17. The molecule has 1 aliphatic carbocycles. The summed E-state index contributed by atoms with van der Waals surface area (Å²) in [6.45, 7) is 3.53. The van der Waals surface area contributed by atoms with Crippen molar-refractivity contribution in [3.8, 4) is 0 Å². The topological polar surface area (TPSA) is 66.4 Å². The van der Waals surface area contributed by atoms with E-state index in [-0.39, 0.29) is 11.8 Å². The van der Waals surface area contributed by atoms with Crippen LogP contribution in [0.15, 0.2) is 6.07 Å². The predicted octanol–water partition coefficient (Wildman–Crippen LogP) is 2.07. The molecule has 3 rings (SSSR count). The standard InChI is InChI=1S/C19H28N4O2/c1-13-20-16(11-17(21-13)19(25)22(2)3)10-14-6-5-9-23(12-14)18(24)15-7-4-8-15/h11,14-15H,4-10,12H2,1-3H3. The highest BCUT2D eigenvalue weighted by Gasteiger charge is 2.32. The summed E-state index contributed by atoms with van der Waals surface area (Å²) >= 11 is 0. The molecule has 1 aromatic heterocycles. The fraction of sp³-hybridized carbons (Fsp3) is 0.684. The SMILES string of the molecule is Cc1nc(CC2CCCN(C(=O)C3CCC3)C2)cc(C(=O)N(C)C)n1. The first-order valence-corrected chi connectivity index (χ1v) is 9.29. The number of hydrogen-bond acceptors (Lipinski definition) is 4. The molecule has 1 aromatic rings. The number of likely N-dealkylation sites (tertiary alicyclic amines) is 1. The second kappa shape index (κ2) is 7.50. The van der Waals surface area contributed by atoms with Crippen molar-refractivity contribution < 1.29 is 9.59 Å². The second-order valence-electron chi connectivity index (χ2n) is 7.62. The Morgan fingerprint density at radius 3 is 2.60 bits per heavy atom. The summed E-state index contributed by atoms with van der Waals surface area (Å²) in [7, 11) is 3.45. The zero-order chi connectivity index (χ0) is 18.0. The van der Waals surface area contributed by atoms with Crippen molar-refractivity contribution in [2.45, 2.75) is 45.4 Å². The molecular weight excluding hydrogens is 316 g/mol. The van der Waals surface area contributed by atoms with E-state index >= 15 is 0 Å². The fourth-order valence-corrected chi connectivity index (χ4v) is 3.71. The van der Waals surface area contributed by atoms with Crippen molar-refractivity contribution in [1.82, 2.24) is 19.8 Å². The van der Waals surface area contributed by atoms with Crippen LogP contribution >= 0.6 is 0 Å². The normalized spacial score (nSPS) is 20.9. The first kappa shape index (κ1) is 17.8. The van der Waals surface area contributed by atoms with Gasteiger partial charge >= 0.3 is 0 Å². The zero-order valence-corrected chi connectivity index (χ0v) is 15.5. The molecule has 0 N–H and O–H groups in total. The number of hydrogen-bond donors (Lipinski definition) is 0. The van der Waals surface area contributed by atoms with E-state index in [1.54, 1.807) is 14.1 Å². The van der Waals surface area contributed by atoms with E-state index in [1.165, 1.54) is 11.3 Å². The molecule has 0 spiro atoms. The number of aryl methyl sites for hydroxylation is 1. The lowest BCUT2D eigenvalue weighted by atomic mass is 9.83. The summed E-state index contributed by atoms with van der Waals surface area (Å²) in [5, 5.41) is 0. The first-order valence-electron chi connectivity index (χ1n) is 9.29. The second-order valence-corrected chi connectivity index (χ2v) is 7.62. The van der Waals surface area contributed by atoms with Crippen molar-refractivity contribution in [2.24, 2.45) is 11.8 Å². The molecule has 25 heavy (non-hydrogen) atoms. The quantitative estimate of drug-likeness (QED) is 0.839. The van der Waals surface area contributed by atoms with Gasteiger partial charge in [0.05, 0.1) is 0 Å². The van der Waals surface area contributed by atoms with Gasteiger partial charge in [0.1, 0.15) is 11.5 Å². The molecule has 0 aromatic carbocycles. The van der Waals surface area contributed by atoms with Crippen LogP contribution in [0.3, 0.4) is 0 Å². The smallest absolute Gasteiger partial charge is 0.272 e. The van der Waals surface area contributed by atoms with E-state index in [2.05, 4.69) is 14.9 Å². The van der Waals surface area contributed by atoms with Gasteiger partial charge in [0.2, 0.25) is 5.91 Å². The maximum Gasteiger partial charge on any atom is 0.272 e. The third-order valence-corrected chi connectivity index (χ3v) is 5.30. The molecular formula is C19H28N4O2. The molecule has 0 radical (unpaired) electrons. The van der Waals surface area contributed by atoms with E-state index in [0.717, 1.165) is 50.9 Å². The van der Waals surface area contributed by atoms with Gasteiger partial charge in [-0.05, 0) is 51.0 Å².